The molecular weight excluding hydrogens is 296 g/mol. The van der Waals surface area contributed by atoms with Crippen molar-refractivity contribution in [1.29, 1.82) is 0 Å². The predicted octanol–water partition coefficient (Wildman–Crippen LogP) is 3.96. The van der Waals surface area contributed by atoms with Crippen LogP contribution in [0.1, 0.15) is 43.1 Å². The Morgan fingerprint density at radius 3 is 3.05 bits per heavy atom. The van der Waals surface area contributed by atoms with Gasteiger partial charge in [0.05, 0.1) is 4.88 Å². The third kappa shape index (κ3) is 2.47. The Labute approximate surface area is 133 Å². The van der Waals surface area contributed by atoms with Gasteiger partial charge in [0, 0.05) is 12.1 Å². The summed E-state index contributed by atoms with van der Waals surface area (Å²) >= 11 is 1.58. The summed E-state index contributed by atoms with van der Waals surface area (Å²) in [7, 11) is 0. The highest BCUT2D eigenvalue weighted by molar-refractivity contribution is 7.13. The van der Waals surface area contributed by atoms with Gasteiger partial charge in [-0.2, -0.15) is 0 Å². The summed E-state index contributed by atoms with van der Waals surface area (Å²) in [5.74, 6) is 2.87. The van der Waals surface area contributed by atoms with Gasteiger partial charge < -0.3 is 9.84 Å². The van der Waals surface area contributed by atoms with E-state index in [4.69, 9.17) is 4.52 Å². The zero-order valence-corrected chi connectivity index (χ0v) is 13.4. The van der Waals surface area contributed by atoms with Gasteiger partial charge in [-0.15, -0.1) is 11.3 Å². The number of aromatic nitrogens is 1. The van der Waals surface area contributed by atoms with Crippen molar-refractivity contribution >= 4 is 17.2 Å². The maximum absolute atomic E-state index is 12.4. The molecule has 1 N–H and O–H groups in total. The van der Waals surface area contributed by atoms with Gasteiger partial charge in [0.1, 0.15) is 0 Å². The van der Waals surface area contributed by atoms with Crippen LogP contribution >= 0.6 is 11.3 Å². The molecule has 2 saturated carbocycles. The van der Waals surface area contributed by atoms with Gasteiger partial charge in [0.15, 0.2) is 11.5 Å². The second-order valence-corrected chi connectivity index (χ2v) is 7.60. The first-order valence-corrected chi connectivity index (χ1v) is 8.90. The maximum Gasteiger partial charge on any atom is 0.273 e. The van der Waals surface area contributed by atoms with Crippen molar-refractivity contribution in [2.75, 3.05) is 0 Å². The average molecular weight is 316 g/mol. The first kappa shape index (κ1) is 14.0. The standard InChI is InChI=1S/C17H20N2O2S/c1-10(13-8-11-4-5-12(13)7-11)18-17(20)14-9-15(21-19-14)16-3-2-6-22-16/h2-3,6,9-13H,4-5,7-8H2,1H3,(H,18,20)/t10-,11+,12+,13+/m0/s1. The smallest absolute Gasteiger partial charge is 0.273 e. The highest BCUT2D eigenvalue weighted by Crippen LogP contribution is 2.49. The number of rotatable bonds is 4. The van der Waals surface area contributed by atoms with Crippen LogP contribution in [-0.4, -0.2) is 17.1 Å². The molecule has 4 atom stereocenters. The van der Waals surface area contributed by atoms with Crippen molar-refractivity contribution in [2.45, 2.75) is 38.6 Å². The summed E-state index contributed by atoms with van der Waals surface area (Å²) in [6, 6.07) is 5.86. The molecule has 2 heterocycles. The van der Waals surface area contributed by atoms with Crippen molar-refractivity contribution in [2.24, 2.45) is 17.8 Å². The molecule has 2 aromatic rings. The van der Waals surface area contributed by atoms with Gasteiger partial charge >= 0.3 is 0 Å². The number of hydrogen-bond donors (Lipinski definition) is 1. The zero-order chi connectivity index (χ0) is 15.1. The van der Waals surface area contributed by atoms with Gasteiger partial charge in [-0.1, -0.05) is 17.6 Å². The average Bonchev–Trinajstić information content (AvgIpc) is 3.29. The molecule has 2 aromatic heterocycles. The monoisotopic (exact) mass is 316 g/mol. The lowest BCUT2D eigenvalue weighted by atomic mass is 9.84. The summed E-state index contributed by atoms with van der Waals surface area (Å²) in [6.45, 7) is 2.13. The second kappa shape index (κ2) is 5.54. The molecule has 2 bridgehead atoms. The Morgan fingerprint density at radius 2 is 2.36 bits per heavy atom. The van der Waals surface area contributed by atoms with E-state index in [1.807, 2.05) is 17.5 Å². The lowest BCUT2D eigenvalue weighted by Crippen LogP contribution is -2.40. The first-order chi connectivity index (χ1) is 10.7. The summed E-state index contributed by atoms with van der Waals surface area (Å²) < 4.78 is 5.29. The number of carbonyl (C=O) groups is 1. The van der Waals surface area contributed by atoms with Crippen LogP contribution in [0.3, 0.4) is 0 Å². The Balaban J connectivity index is 1.42. The Bertz CT molecular complexity index is 664. The summed E-state index contributed by atoms with van der Waals surface area (Å²) in [5.41, 5.74) is 0.374. The summed E-state index contributed by atoms with van der Waals surface area (Å²) in [4.78, 5) is 13.4. The molecule has 116 valence electrons. The minimum absolute atomic E-state index is 0.123. The highest BCUT2D eigenvalue weighted by Gasteiger charge is 2.42. The number of nitrogens with zero attached hydrogens (tertiary/aromatic N) is 1. The minimum atomic E-state index is -0.123. The van der Waals surface area contributed by atoms with Gasteiger partial charge in [-0.05, 0) is 55.4 Å². The molecule has 2 aliphatic carbocycles. The molecule has 0 saturated heterocycles. The molecule has 1 amide bonds. The number of nitrogens with one attached hydrogen (secondary N) is 1. The quantitative estimate of drug-likeness (QED) is 0.929. The zero-order valence-electron chi connectivity index (χ0n) is 12.6. The fourth-order valence-electron chi connectivity index (χ4n) is 4.21. The summed E-state index contributed by atoms with van der Waals surface area (Å²) in [6.07, 6.45) is 5.35. The second-order valence-electron chi connectivity index (χ2n) is 6.65. The fraction of sp³-hybridized carbons (Fsp3) is 0.529. The first-order valence-electron chi connectivity index (χ1n) is 8.02. The van der Waals surface area contributed by atoms with E-state index >= 15 is 0 Å². The Kier molecular flexibility index (Phi) is 3.53. The van der Waals surface area contributed by atoms with Gasteiger partial charge in [0.25, 0.3) is 5.91 Å². The number of carbonyl (C=O) groups excluding carboxylic acids is 1. The maximum atomic E-state index is 12.4. The highest BCUT2D eigenvalue weighted by atomic mass is 32.1. The third-order valence-corrected chi connectivity index (χ3v) is 6.19. The van der Waals surface area contributed by atoms with E-state index in [1.54, 1.807) is 17.4 Å². The normalized spacial score (nSPS) is 28.0. The van der Waals surface area contributed by atoms with Crippen molar-refractivity contribution in [3.05, 3.63) is 29.3 Å². The summed E-state index contributed by atoms with van der Waals surface area (Å²) in [5, 5.41) is 9.02. The molecule has 4 rings (SSSR count). The molecule has 0 radical (unpaired) electrons. The van der Waals surface area contributed by atoms with Gasteiger partial charge in [-0.3, -0.25) is 4.79 Å². The third-order valence-electron chi connectivity index (χ3n) is 5.30. The molecule has 0 unspecified atom stereocenters. The molecule has 0 aliphatic heterocycles. The molecule has 0 spiro atoms. The van der Waals surface area contributed by atoms with Crippen LogP contribution in [0.25, 0.3) is 10.6 Å². The number of amides is 1. The number of fused-ring (bicyclic) bond motifs is 2. The molecule has 22 heavy (non-hydrogen) atoms. The van der Waals surface area contributed by atoms with E-state index in [1.165, 1.54) is 25.7 Å². The molecular formula is C17H20N2O2S. The molecule has 5 heteroatoms. The van der Waals surface area contributed by atoms with E-state index < -0.39 is 0 Å². The predicted molar refractivity (Wildman–Crippen MR) is 85.7 cm³/mol. The van der Waals surface area contributed by atoms with E-state index in [2.05, 4.69) is 17.4 Å². The lowest BCUT2D eigenvalue weighted by molar-refractivity contribution is 0.0906. The fourth-order valence-corrected chi connectivity index (χ4v) is 4.88. The van der Waals surface area contributed by atoms with Gasteiger partial charge in [0.2, 0.25) is 0 Å². The number of hydrogen-bond acceptors (Lipinski definition) is 4. The molecule has 2 aliphatic rings. The topological polar surface area (TPSA) is 55.1 Å². The van der Waals surface area contributed by atoms with E-state index in [-0.39, 0.29) is 11.9 Å². The van der Waals surface area contributed by atoms with E-state index in [9.17, 15) is 4.79 Å². The van der Waals surface area contributed by atoms with E-state index in [0.717, 1.165) is 16.7 Å². The molecule has 0 aromatic carbocycles. The lowest BCUT2D eigenvalue weighted by Gasteiger charge is -2.28. The van der Waals surface area contributed by atoms with E-state index in [0.29, 0.717) is 17.4 Å². The van der Waals surface area contributed by atoms with Crippen molar-refractivity contribution in [3.63, 3.8) is 0 Å². The largest absolute Gasteiger partial charge is 0.355 e. The van der Waals surface area contributed by atoms with Crippen molar-refractivity contribution < 1.29 is 9.32 Å². The Morgan fingerprint density at radius 1 is 1.45 bits per heavy atom. The number of thiophene rings is 1. The van der Waals surface area contributed by atoms with Crippen LogP contribution in [0.15, 0.2) is 28.1 Å². The SMILES string of the molecule is C[C@H](NC(=O)c1cc(-c2cccs2)on1)[C@H]1C[C@@H]2CC[C@@H]1C2. The van der Waals surface area contributed by atoms with Crippen molar-refractivity contribution in [3.8, 4) is 10.6 Å². The van der Waals surface area contributed by atoms with Crippen LogP contribution in [0.2, 0.25) is 0 Å². The molecule has 2 fully saturated rings. The van der Waals surface area contributed by atoms with Crippen LogP contribution in [0, 0.1) is 17.8 Å². The minimum Gasteiger partial charge on any atom is -0.355 e. The molecule has 4 nitrogen and oxygen atoms in total. The van der Waals surface area contributed by atoms with Gasteiger partial charge in [-0.25, -0.2) is 0 Å². The van der Waals surface area contributed by atoms with Crippen LogP contribution in [0.5, 0.6) is 0 Å². The Hall–Kier alpha value is -1.62. The van der Waals surface area contributed by atoms with Crippen LogP contribution < -0.4 is 5.32 Å². The van der Waals surface area contributed by atoms with Crippen LogP contribution in [0.4, 0.5) is 0 Å². The van der Waals surface area contributed by atoms with Crippen molar-refractivity contribution in [1.82, 2.24) is 10.5 Å². The van der Waals surface area contributed by atoms with Crippen LogP contribution in [-0.2, 0) is 0 Å².